The van der Waals surface area contributed by atoms with Gasteiger partial charge in [0, 0.05) is 18.5 Å². The maximum absolute atomic E-state index is 10.4. The average molecular weight is 182 g/mol. The number of hydrogen-bond acceptors (Lipinski definition) is 4. The van der Waals surface area contributed by atoms with Crippen molar-refractivity contribution in [3.63, 3.8) is 0 Å². The molecule has 2 rings (SSSR count). The molecule has 1 aliphatic rings. The van der Waals surface area contributed by atoms with E-state index in [9.17, 15) is 4.79 Å². The van der Waals surface area contributed by atoms with E-state index in [-0.39, 0.29) is 0 Å². The summed E-state index contributed by atoms with van der Waals surface area (Å²) in [7, 11) is 0. The second-order valence-corrected chi connectivity index (χ2v) is 3.75. The second-order valence-electron chi connectivity index (χ2n) is 2.86. The smallest absolute Gasteiger partial charge is 0.178 e. The van der Waals surface area contributed by atoms with E-state index >= 15 is 0 Å². The van der Waals surface area contributed by atoms with Crippen LogP contribution in [-0.4, -0.2) is 24.4 Å². The lowest BCUT2D eigenvalue weighted by Gasteiger charge is -2.12. The van der Waals surface area contributed by atoms with Gasteiger partial charge >= 0.3 is 0 Å². The Bertz CT molecular complexity index is 278. The van der Waals surface area contributed by atoms with Crippen LogP contribution in [0.4, 0.5) is 5.82 Å². The lowest BCUT2D eigenvalue weighted by Crippen LogP contribution is -2.17. The van der Waals surface area contributed by atoms with Crippen LogP contribution < -0.4 is 4.90 Å². The Hall–Kier alpha value is -0.900. The zero-order valence-electron chi connectivity index (χ0n) is 6.69. The lowest BCUT2D eigenvalue weighted by atomic mass is 10.4. The standard InChI is InChI=1S/C8H10N2OS/c11-5-8-9-7(6-12-8)10-3-1-2-4-10/h5-6H,1-4H2. The van der Waals surface area contributed by atoms with Crippen molar-refractivity contribution < 1.29 is 4.79 Å². The fourth-order valence-electron chi connectivity index (χ4n) is 1.42. The summed E-state index contributed by atoms with van der Waals surface area (Å²) in [6, 6.07) is 0. The Labute approximate surface area is 75.0 Å². The molecule has 0 spiro atoms. The number of carbonyl (C=O) groups is 1. The molecule has 64 valence electrons. The van der Waals surface area contributed by atoms with E-state index in [0.717, 1.165) is 25.2 Å². The van der Waals surface area contributed by atoms with Gasteiger partial charge in [-0.25, -0.2) is 4.98 Å². The van der Waals surface area contributed by atoms with Gasteiger partial charge in [-0.05, 0) is 12.8 Å². The second kappa shape index (κ2) is 3.23. The highest BCUT2D eigenvalue weighted by Crippen LogP contribution is 2.21. The minimum atomic E-state index is 0.580. The first-order valence-corrected chi connectivity index (χ1v) is 4.94. The van der Waals surface area contributed by atoms with Crippen LogP contribution in [0.15, 0.2) is 5.38 Å². The first-order valence-electron chi connectivity index (χ1n) is 4.06. The quantitative estimate of drug-likeness (QED) is 0.651. The molecular weight excluding hydrogens is 172 g/mol. The monoisotopic (exact) mass is 182 g/mol. The van der Waals surface area contributed by atoms with Crippen LogP contribution in [0.3, 0.4) is 0 Å². The van der Waals surface area contributed by atoms with Crippen LogP contribution in [0.25, 0.3) is 0 Å². The van der Waals surface area contributed by atoms with Crippen molar-refractivity contribution in [2.24, 2.45) is 0 Å². The number of aldehydes is 1. The summed E-state index contributed by atoms with van der Waals surface area (Å²) in [5, 5.41) is 2.53. The molecule has 0 bridgehead atoms. The largest absolute Gasteiger partial charge is 0.356 e. The molecule has 1 fully saturated rings. The lowest BCUT2D eigenvalue weighted by molar-refractivity contribution is 0.112. The highest BCUT2D eigenvalue weighted by Gasteiger charge is 2.14. The molecule has 0 atom stereocenters. The van der Waals surface area contributed by atoms with Crippen molar-refractivity contribution in [1.29, 1.82) is 0 Å². The molecule has 0 aliphatic carbocycles. The summed E-state index contributed by atoms with van der Waals surface area (Å²) < 4.78 is 0. The fourth-order valence-corrected chi connectivity index (χ4v) is 2.05. The van der Waals surface area contributed by atoms with Gasteiger partial charge in [0.1, 0.15) is 5.82 Å². The van der Waals surface area contributed by atoms with Crippen LogP contribution in [0.5, 0.6) is 0 Å². The molecule has 0 unspecified atom stereocenters. The van der Waals surface area contributed by atoms with Crippen molar-refractivity contribution in [2.45, 2.75) is 12.8 Å². The number of aromatic nitrogens is 1. The van der Waals surface area contributed by atoms with Gasteiger partial charge < -0.3 is 4.90 Å². The highest BCUT2D eigenvalue weighted by atomic mass is 32.1. The van der Waals surface area contributed by atoms with E-state index in [1.54, 1.807) is 0 Å². The van der Waals surface area contributed by atoms with Gasteiger partial charge in [-0.1, -0.05) is 0 Å². The number of nitrogens with zero attached hydrogens (tertiary/aromatic N) is 2. The van der Waals surface area contributed by atoms with E-state index in [2.05, 4.69) is 9.88 Å². The SMILES string of the molecule is O=Cc1nc(N2CCCC2)cs1. The third-order valence-electron chi connectivity index (χ3n) is 2.04. The Kier molecular flexibility index (Phi) is 2.08. The Balaban J connectivity index is 2.16. The van der Waals surface area contributed by atoms with Crippen LogP contribution in [0.2, 0.25) is 0 Å². The van der Waals surface area contributed by atoms with Crippen LogP contribution >= 0.6 is 11.3 Å². The third kappa shape index (κ3) is 1.34. The summed E-state index contributed by atoms with van der Waals surface area (Å²) in [6.45, 7) is 2.17. The summed E-state index contributed by atoms with van der Waals surface area (Å²) in [5.41, 5.74) is 0. The highest BCUT2D eigenvalue weighted by molar-refractivity contribution is 7.11. The van der Waals surface area contributed by atoms with Crippen molar-refractivity contribution in [2.75, 3.05) is 18.0 Å². The summed E-state index contributed by atoms with van der Waals surface area (Å²) >= 11 is 1.42. The van der Waals surface area contributed by atoms with Gasteiger partial charge in [0.2, 0.25) is 0 Å². The van der Waals surface area contributed by atoms with E-state index < -0.39 is 0 Å². The van der Waals surface area contributed by atoms with Crippen molar-refractivity contribution in [3.05, 3.63) is 10.4 Å². The number of thiazole rings is 1. The van der Waals surface area contributed by atoms with Crippen molar-refractivity contribution >= 4 is 23.4 Å². The molecule has 2 heterocycles. The molecule has 4 heteroatoms. The molecule has 3 nitrogen and oxygen atoms in total. The van der Waals surface area contributed by atoms with Crippen LogP contribution in [-0.2, 0) is 0 Å². The van der Waals surface area contributed by atoms with Gasteiger partial charge in [-0.2, -0.15) is 0 Å². The molecular formula is C8H10N2OS. The maximum atomic E-state index is 10.4. The van der Waals surface area contributed by atoms with Crippen molar-refractivity contribution in [3.8, 4) is 0 Å². The minimum absolute atomic E-state index is 0.580. The predicted octanol–water partition coefficient (Wildman–Crippen LogP) is 1.56. The third-order valence-corrected chi connectivity index (χ3v) is 2.80. The molecule has 0 N–H and O–H groups in total. The van der Waals surface area contributed by atoms with E-state index in [1.165, 1.54) is 24.2 Å². The molecule has 1 saturated heterocycles. The number of anilines is 1. The van der Waals surface area contributed by atoms with Gasteiger partial charge in [-0.15, -0.1) is 11.3 Å². The summed E-state index contributed by atoms with van der Waals surface area (Å²) in [4.78, 5) is 16.8. The summed E-state index contributed by atoms with van der Waals surface area (Å²) in [6.07, 6.45) is 3.30. The van der Waals surface area contributed by atoms with Crippen LogP contribution in [0, 0.1) is 0 Å². The number of hydrogen-bond donors (Lipinski definition) is 0. The van der Waals surface area contributed by atoms with Gasteiger partial charge in [-0.3, -0.25) is 4.79 Å². The van der Waals surface area contributed by atoms with Gasteiger partial charge in [0.25, 0.3) is 0 Å². The molecule has 12 heavy (non-hydrogen) atoms. The first kappa shape index (κ1) is 7.73. The first-order chi connectivity index (χ1) is 5.90. The van der Waals surface area contributed by atoms with Crippen LogP contribution in [0.1, 0.15) is 22.6 Å². The number of rotatable bonds is 2. The van der Waals surface area contributed by atoms with E-state index in [4.69, 9.17) is 0 Å². The molecule has 0 amide bonds. The van der Waals surface area contributed by atoms with E-state index in [0.29, 0.717) is 5.01 Å². The Morgan fingerprint density at radius 3 is 2.83 bits per heavy atom. The zero-order valence-corrected chi connectivity index (χ0v) is 7.51. The molecule has 0 saturated carbocycles. The molecule has 0 aromatic carbocycles. The minimum Gasteiger partial charge on any atom is -0.356 e. The fraction of sp³-hybridized carbons (Fsp3) is 0.500. The van der Waals surface area contributed by atoms with Gasteiger partial charge in [0.05, 0.1) is 0 Å². The maximum Gasteiger partial charge on any atom is 0.178 e. The average Bonchev–Trinajstić information content (AvgIpc) is 2.75. The summed E-state index contributed by atoms with van der Waals surface area (Å²) in [5.74, 6) is 0.972. The zero-order chi connectivity index (χ0) is 8.39. The van der Waals surface area contributed by atoms with Gasteiger partial charge in [0.15, 0.2) is 11.3 Å². The molecule has 1 aromatic heterocycles. The van der Waals surface area contributed by atoms with Crippen molar-refractivity contribution in [1.82, 2.24) is 4.98 Å². The Morgan fingerprint density at radius 2 is 2.25 bits per heavy atom. The molecule has 1 aromatic rings. The van der Waals surface area contributed by atoms with E-state index in [1.807, 2.05) is 5.38 Å². The normalized spacial score (nSPS) is 16.8. The number of carbonyl (C=O) groups excluding carboxylic acids is 1. The molecule has 0 radical (unpaired) electrons. The topological polar surface area (TPSA) is 33.2 Å². The molecule has 1 aliphatic heterocycles. The predicted molar refractivity (Wildman–Crippen MR) is 48.9 cm³/mol. The Morgan fingerprint density at radius 1 is 1.50 bits per heavy atom.